The second kappa shape index (κ2) is 16.1. The van der Waals surface area contributed by atoms with Crippen LogP contribution < -0.4 is 23.7 Å². The summed E-state index contributed by atoms with van der Waals surface area (Å²) >= 11 is 5.16. The van der Waals surface area contributed by atoms with Gasteiger partial charge < -0.3 is 28.4 Å². The molecule has 11 heteroatoms. The third-order valence-electron chi connectivity index (χ3n) is 7.14. The van der Waals surface area contributed by atoms with E-state index in [9.17, 15) is 10.0 Å². The van der Waals surface area contributed by atoms with Gasteiger partial charge >= 0.3 is 0 Å². The minimum Gasteiger partial charge on any atom is -0.493 e. The molecule has 3 aromatic carbocycles. The number of nitrogens with zero attached hydrogens (tertiary/aromatic N) is 1. The number of hydrogen-bond donors (Lipinski definition) is 1. The molecule has 9 nitrogen and oxygen atoms in total. The van der Waals surface area contributed by atoms with Crippen molar-refractivity contribution in [2.45, 2.75) is 43.3 Å². The Morgan fingerprint density at radius 1 is 0.932 bits per heavy atom. The third kappa shape index (κ3) is 8.41. The molecular weight excluding hydrogens is 650 g/mol. The van der Waals surface area contributed by atoms with E-state index in [-0.39, 0.29) is 12.2 Å². The number of hydrogen-bond acceptors (Lipinski definition) is 9. The van der Waals surface area contributed by atoms with E-state index in [1.165, 1.54) is 13.1 Å². The number of ether oxygens (including phenoxy) is 6. The van der Waals surface area contributed by atoms with Crippen molar-refractivity contribution in [3.63, 3.8) is 0 Å². The number of carbonyl (C=O) groups excluding carboxylic acids is 1. The second-order valence-corrected chi connectivity index (χ2v) is 12.0. The Bertz CT molecular complexity index is 1420. The first-order chi connectivity index (χ1) is 21.3. The quantitative estimate of drug-likeness (QED) is 0.0798. The Morgan fingerprint density at radius 2 is 1.50 bits per heavy atom. The van der Waals surface area contributed by atoms with Gasteiger partial charge in [-0.15, -0.1) is 11.8 Å². The van der Waals surface area contributed by atoms with Crippen molar-refractivity contribution in [3.8, 4) is 28.7 Å². The molecule has 0 bridgehead atoms. The van der Waals surface area contributed by atoms with Gasteiger partial charge in [0, 0.05) is 33.8 Å². The summed E-state index contributed by atoms with van der Waals surface area (Å²) in [6, 6.07) is 16.0. The molecule has 0 spiro atoms. The van der Waals surface area contributed by atoms with Crippen molar-refractivity contribution in [1.82, 2.24) is 5.06 Å². The Hall–Kier alpha value is -3.38. The number of hydroxylamine groups is 2. The van der Waals surface area contributed by atoms with Crippen LogP contribution in [0.3, 0.4) is 0 Å². The average molecular weight is 689 g/mol. The first-order valence-corrected chi connectivity index (χ1v) is 15.9. The first-order valence-electron chi connectivity index (χ1n) is 14.1. The molecule has 1 heterocycles. The van der Waals surface area contributed by atoms with E-state index >= 15 is 0 Å². The standard InChI is InChI=1S/C33H38BrNO8S/c1-21(36)35(37)14-6-7-22-17-23(18-29(38-2)32(22)42-15-16-44-26-10-8-25(34)9-11-26)27-12-13-28(43-27)24-19-30(39-3)33(41-5)31(20-24)40-4/h6,8-11,14,17-20,27-28,37H,7,12-13,15-16H2,1-5H3. The van der Waals surface area contributed by atoms with E-state index in [0.29, 0.717) is 46.8 Å². The fourth-order valence-corrected chi connectivity index (χ4v) is 5.97. The molecule has 0 aliphatic carbocycles. The second-order valence-electron chi connectivity index (χ2n) is 9.96. The molecule has 3 aromatic rings. The van der Waals surface area contributed by atoms with E-state index in [2.05, 4.69) is 28.1 Å². The SMILES string of the molecule is COc1cc(C2CCC(c3cc(OC)c(OC)c(OC)c3)O2)cc(CC=CN(O)C(C)=O)c1OCCSc1ccc(Br)cc1. The number of halogens is 1. The van der Waals surface area contributed by atoms with Crippen LogP contribution in [-0.2, 0) is 16.0 Å². The third-order valence-corrected chi connectivity index (χ3v) is 8.65. The molecule has 1 fully saturated rings. The van der Waals surface area contributed by atoms with E-state index < -0.39 is 5.91 Å². The van der Waals surface area contributed by atoms with Gasteiger partial charge in [-0.2, -0.15) is 5.06 Å². The number of benzene rings is 3. The number of rotatable bonds is 14. The lowest BCUT2D eigenvalue weighted by atomic mass is 9.99. The fraction of sp³-hybridized carbons (Fsp3) is 0.364. The smallest absolute Gasteiger partial charge is 0.246 e. The Labute approximate surface area is 271 Å². The predicted octanol–water partition coefficient (Wildman–Crippen LogP) is 7.54. The van der Waals surface area contributed by atoms with Crippen LogP contribution in [0.5, 0.6) is 28.7 Å². The molecule has 0 aromatic heterocycles. The Morgan fingerprint density at radius 3 is 2.05 bits per heavy atom. The van der Waals surface area contributed by atoms with Crippen LogP contribution in [-0.4, -0.2) is 57.0 Å². The molecule has 1 aliphatic heterocycles. The summed E-state index contributed by atoms with van der Waals surface area (Å²) in [6.07, 6.45) is 4.66. The van der Waals surface area contributed by atoms with Crippen molar-refractivity contribution in [2.75, 3.05) is 40.8 Å². The minimum atomic E-state index is -0.480. The number of allylic oxidation sites excluding steroid dienone is 1. The van der Waals surface area contributed by atoms with Gasteiger partial charge in [0.25, 0.3) is 0 Å². The lowest BCUT2D eigenvalue weighted by molar-refractivity contribution is -0.151. The molecule has 44 heavy (non-hydrogen) atoms. The van der Waals surface area contributed by atoms with Crippen LogP contribution >= 0.6 is 27.7 Å². The lowest BCUT2D eigenvalue weighted by Gasteiger charge is -2.20. The predicted molar refractivity (Wildman–Crippen MR) is 172 cm³/mol. The van der Waals surface area contributed by atoms with Gasteiger partial charge in [-0.3, -0.25) is 10.0 Å². The largest absolute Gasteiger partial charge is 0.493 e. The summed E-state index contributed by atoms with van der Waals surface area (Å²) in [4.78, 5) is 12.6. The first kappa shape index (κ1) is 33.5. The number of carbonyl (C=O) groups is 1. The van der Waals surface area contributed by atoms with Gasteiger partial charge in [0.05, 0.1) is 47.3 Å². The molecule has 2 atom stereocenters. The average Bonchev–Trinajstić information content (AvgIpc) is 3.53. The minimum absolute atomic E-state index is 0.173. The van der Waals surface area contributed by atoms with Gasteiger partial charge in [-0.1, -0.05) is 22.0 Å². The van der Waals surface area contributed by atoms with E-state index in [4.69, 9.17) is 28.4 Å². The van der Waals surface area contributed by atoms with Crippen molar-refractivity contribution in [3.05, 3.63) is 82.0 Å². The van der Waals surface area contributed by atoms with Crippen LogP contribution in [0.25, 0.3) is 0 Å². The monoisotopic (exact) mass is 687 g/mol. The number of amides is 1. The van der Waals surface area contributed by atoms with Gasteiger partial charge in [0.2, 0.25) is 11.7 Å². The van der Waals surface area contributed by atoms with Crippen LogP contribution in [0, 0.1) is 0 Å². The lowest BCUT2D eigenvalue weighted by Crippen LogP contribution is -2.17. The highest BCUT2D eigenvalue weighted by Gasteiger charge is 2.31. The summed E-state index contributed by atoms with van der Waals surface area (Å²) in [5.74, 6) is 3.15. The molecule has 236 valence electrons. The maximum atomic E-state index is 11.5. The summed E-state index contributed by atoms with van der Waals surface area (Å²) in [5, 5.41) is 10.4. The highest BCUT2D eigenvalue weighted by atomic mass is 79.9. The molecule has 2 unspecified atom stereocenters. The highest BCUT2D eigenvalue weighted by Crippen LogP contribution is 2.47. The molecule has 0 radical (unpaired) electrons. The van der Waals surface area contributed by atoms with Gasteiger partial charge in [-0.25, -0.2) is 0 Å². The van der Waals surface area contributed by atoms with Crippen molar-refractivity contribution < 1.29 is 38.4 Å². The summed E-state index contributed by atoms with van der Waals surface area (Å²) in [6.45, 7) is 1.74. The molecule has 1 N–H and O–H groups in total. The van der Waals surface area contributed by atoms with Crippen LogP contribution in [0.15, 0.2) is 70.2 Å². The van der Waals surface area contributed by atoms with Crippen molar-refractivity contribution in [1.29, 1.82) is 0 Å². The fourth-order valence-electron chi connectivity index (χ4n) is 4.97. The van der Waals surface area contributed by atoms with E-state index in [0.717, 1.165) is 44.7 Å². The summed E-state index contributed by atoms with van der Waals surface area (Å²) in [7, 11) is 6.38. The molecule has 0 saturated carbocycles. The topological polar surface area (TPSA) is 95.9 Å². The number of thioether (sulfide) groups is 1. The maximum absolute atomic E-state index is 11.5. The van der Waals surface area contributed by atoms with Gasteiger partial charge in [0.15, 0.2) is 23.0 Å². The van der Waals surface area contributed by atoms with Crippen LogP contribution in [0.1, 0.15) is 48.7 Å². The zero-order valence-electron chi connectivity index (χ0n) is 25.5. The zero-order chi connectivity index (χ0) is 31.6. The molecule has 1 amide bonds. The maximum Gasteiger partial charge on any atom is 0.246 e. The van der Waals surface area contributed by atoms with Gasteiger partial charge in [0.1, 0.15) is 0 Å². The van der Waals surface area contributed by atoms with E-state index in [1.807, 2.05) is 36.4 Å². The zero-order valence-corrected chi connectivity index (χ0v) is 27.9. The normalized spacial score (nSPS) is 16.2. The summed E-state index contributed by atoms with van der Waals surface area (Å²) < 4.78 is 36.2. The van der Waals surface area contributed by atoms with Crippen molar-refractivity contribution in [2.24, 2.45) is 0 Å². The Kier molecular flexibility index (Phi) is 12.2. The van der Waals surface area contributed by atoms with Gasteiger partial charge in [-0.05, 0) is 78.9 Å². The van der Waals surface area contributed by atoms with Crippen molar-refractivity contribution >= 4 is 33.6 Å². The molecule has 4 rings (SSSR count). The Balaban J connectivity index is 1.56. The van der Waals surface area contributed by atoms with Crippen LogP contribution in [0.2, 0.25) is 0 Å². The molecular formula is C33H38BrNO8S. The molecule has 1 saturated heterocycles. The summed E-state index contributed by atoms with van der Waals surface area (Å²) in [5.41, 5.74) is 2.73. The highest BCUT2D eigenvalue weighted by molar-refractivity contribution is 9.10. The number of methoxy groups -OCH3 is 4. The van der Waals surface area contributed by atoms with E-state index in [1.54, 1.807) is 46.3 Å². The van der Waals surface area contributed by atoms with Crippen LogP contribution in [0.4, 0.5) is 0 Å². The molecule has 1 aliphatic rings.